The van der Waals surface area contributed by atoms with Crippen LogP contribution in [-0.2, 0) is 18.6 Å². The summed E-state index contributed by atoms with van der Waals surface area (Å²) in [6, 6.07) is 0. The molecule has 0 aliphatic heterocycles. The summed E-state index contributed by atoms with van der Waals surface area (Å²) in [7, 11) is -1.04. The zero-order chi connectivity index (χ0) is 7.78. The molecule has 0 heterocycles. The summed E-state index contributed by atoms with van der Waals surface area (Å²) in [4.78, 5) is 0. The summed E-state index contributed by atoms with van der Waals surface area (Å²) in [6.07, 6.45) is 6.91. The molecule has 0 spiro atoms. The minimum Gasteiger partial charge on any atom is -1.00 e. The second-order valence-corrected chi connectivity index (χ2v) is 9.02. The average Bonchev–Trinajstić information content (AvgIpc) is 2.11. The Kier molecular flexibility index (Phi) is 16.4. The van der Waals surface area contributed by atoms with E-state index in [4.69, 9.17) is 0 Å². The maximum atomic E-state index is 3.43. The molecule has 0 unspecified atom stereocenters. The van der Waals surface area contributed by atoms with Gasteiger partial charge in [-0.15, -0.1) is 0 Å². The van der Waals surface area contributed by atoms with Gasteiger partial charge in [0.25, 0.3) is 0 Å². The average molecular weight is 309 g/mol. The number of halogens is 3. The molecule has 0 amide bonds. The Bertz CT molecular complexity index is 207. The molecule has 0 aromatic rings. The van der Waals surface area contributed by atoms with Crippen molar-refractivity contribution in [3.8, 4) is 0 Å². The first kappa shape index (κ1) is 24.4. The van der Waals surface area contributed by atoms with E-state index in [-0.39, 0.29) is 55.8 Å². The number of allylic oxidation sites excluding steroid dienone is 4. The van der Waals surface area contributed by atoms with Crippen LogP contribution < -0.4 is 37.2 Å². The predicted octanol–water partition coefficient (Wildman–Crippen LogP) is -6.05. The molecule has 0 aromatic heterocycles. The molecule has 0 atom stereocenters. The minimum atomic E-state index is -1.04. The van der Waals surface area contributed by atoms with Crippen molar-refractivity contribution in [1.29, 1.82) is 0 Å². The maximum Gasteiger partial charge on any atom is 4.00 e. The zero-order valence-corrected chi connectivity index (χ0v) is 13.5. The van der Waals surface area contributed by atoms with Crippen LogP contribution in [0.3, 0.4) is 0 Å². The normalized spacial score (nSPS) is 13.4. The van der Waals surface area contributed by atoms with Crippen molar-refractivity contribution in [2.24, 2.45) is 0 Å². The van der Waals surface area contributed by atoms with Gasteiger partial charge in [-0.3, -0.25) is 6.08 Å². The maximum absolute atomic E-state index is 3.43. The SMILES string of the molecule is CC1=[C-]C([Si](C)(C)C)=CC1.[Cl-].[Cl-].[Cl-].[V+4]. The van der Waals surface area contributed by atoms with Gasteiger partial charge in [0, 0.05) is 8.07 Å². The Morgan fingerprint density at radius 1 is 1.14 bits per heavy atom. The Hall–Kier alpha value is 1.15. The van der Waals surface area contributed by atoms with Crippen molar-refractivity contribution in [2.75, 3.05) is 0 Å². The molecule has 0 N–H and O–H groups in total. The number of rotatable bonds is 1. The van der Waals surface area contributed by atoms with Crippen molar-refractivity contribution in [1.82, 2.24) is 0 Å². The quantitative estimate of drug-likeness (QED) is 0.334. The molecule has 0 aromatic carbocycles. The topological polar surface area (TPSA) is 0 Å². The standard InChI is InChI=1S/C9H15Si.3ClH.V/c1-8-5-6-9(7-8)10(2,3)4;;;;/h6H,5H2,1-4H3;3*1H;/q-1;;;;+4/p-3. The smallest absolute Gasteiger partial charge is 1.00 e. The van der Waals surface area contributed by atoms with Crippen LogP contribution in [0.25, 0.3) is 0 Å². The third kappa shape index (κ3) is 7.44. The summed E-state index contributed by atoms with van der Waals surface area (Å²) in [6.45, 7) is 9.25. The van der Waals surface area contributed by atoms with E-state index in [0.29, 0.717) is 0 Å². The first-order chi connectivity index (χ1) is 4.50. The van der Waals surface area contributed by atoms with Gasteiger partial charge in [0.2, 0.25) is 0 Å². The first-order valence-electron chi connectivity index (χ1n) is 3.80. The monoisotopic (exact) mass is 307 g/mol. The van der Waals surface area contributed by atoms with Crippen LogP contribution in [-0.4, -0.2) is 8.07 Å². The van der Waals surface area contributed by atoms with Gasteiger partial charge in [0.15, 0.2) is 0 Å². The second-order valence-electron chi connectivity index (χ2n) is 3.98. The van der Waals surface area contributed by atoms with Crippen LogP contribution in [0, 0.1) is 6.08 Å². The van der Waals surface area contributed by atoms with E-state index in [1.807, 2.05) is 0 Å². The minimum absolute atomic E-state index is 0. The molecule has 0 fully saturated rings. The van der Waals surface area contributed by atoms with Crippen LogP contribution in [0.2, 0.25) is 19.6 Å². The van der Waals surface area contributed by atoms with E-state index in [1.165, 1.54) is 10.8 Å². The van der Waals surface area contributed by atoms with Gasteiger partial charge in [-0.25, -0.2) is 11.3 Å². The van der Waals surface area contributed by atoms with Gasteiger partial charge in [-0.1, -0.05) is 33.0 Å². The molecule has 14 heavy (non-hydrogen) atoms. The van der Waals surface area contributed by atoms with Gasteiger partial charge in [-0.2, -0.15) is 5.57 Å². The van der Waals surface area contributed by atoms with Crippen molar-refractivity contribution in [3.63, 3.8) is 0 Å². The van der Waals surface area contributed by atoms with E-state index in [2.05, 4.69) is 38.7 Å². The van der Waals surface area contributed by atoms with E-state index in [9.17, 15) is 0 Å². The van der Waals surface area contributed by atoms with Gasteiger partial charge in [-0.05, 0) is 0 Å². The molecular weight excluding hydrogens is 293 g/mol. The molecule has 1 aliphatic carbocycles. The fourth-order valence-electron chi connectivity index (χ4n) is 1.08. The fourth-order valence-corrected chi connectivity index (χ4v) is 2.38. The molecule has 0 saturated carbocycles. The zero-order valence-electron chi connectivity index (χ0n) is 8.87. The summed E-state index contributed by atoms with van der Waals surface area (Å²) in [5, 5.41) is 1.50. The Morgan fingerprint density at radius 2 is 1.57 bits per heavy atom. The Morgan fingerprint density at radius 3 is 1.71 bits per heavy atom. The molecule has 1 radical (unpaired) electrons. The molecule has 0 nitrogen and oxygen atoms in total. The van der Waals surface area contributed by atoms with Gasteiger partial charge >= 0.3 is 18.6 Å². The largest absolute Gasteiger partial charge is 4.00 e. The Balaban J connectivity index is -0.000000125. The van der Waals surface area contributed by atoms with Crippen LogP contribution >= 0.6 is 0 Å². The predicted molar refractivity (Wildman–Crippen MR) is 48.5 cm³/mol. The molecular formula is C9H15Cl3SiV. The second kappa shape index (κ2) is 9.38. The van der Waals surface area contributed by atoms with Crippen molar-refractivity contribution >= 4 is 8.07 Å². The van der Waals surface area contributed by atoms with Gasteiger partial charge in [0.05, 0.1) is 0 Å². The van der Waals surface area contributed by atoms with Crippen LogP contribution in [0.1, 0.15) is 13.3 Å². The van der Waals surface area contributed by atoms with Gasteiger partial charge in [0.1, 0.15) is 0 Å². The number of hydrogen-bond acceptors (Lipinski definition) is 0. The molecule has 0 bridgehead atoms. The summed E-state index contributed by atoms with van der Waals surface area (Å²) >= 11 is 0. The van der Waals surface area contributed by atoms with E-state index < -0.39 is 8.07 Å². The summed E-state index contributed by atoms with van der Waals surface area (Å²) in [5.74, 6) is 0. The van der Waals surface area contributed by atoms with E-state index in [1.54, 1.807) is 0 Å². The van der Waals surface area contributed by atoms with Crippen molar-refractivity contribution in [3.05, 3.63) is 22.9 Å². The first-order valence-corrected chi connectivity index (χ1v) is 7.30. The summed E-state index contributed by atoms with van der Waals surface area (Å²) < 4.78 is 0. The third-order valence-corrected chi connectivity index (χ3v) is 3.71. The van der Waals surface area contributed by atoms with E-state index in [0.717, 1.165) is 6.42 Å². The molecule has 1 aliphatic rings. The van der Waals surface area contributed by atoms with Crippen LogP contribution in [0.5, 0.6) is 0 Å². The van der Waals surface area contributed by atoms with E-state index >= 15 is 0 Å². The molecule has 0 saturated heterocycles. The number of hydrogen-bond donors (Lipinski definition) is 0. The molecule has 5 heteroatoms. The molecule has 81 valence electrons. The summed E-state index contributed by atoms with van der Waals surface area (Å²) in [5.41, 5.74) is 1.40. The van der Waals surface area contributed by atoms with Crippen LogP contribution in [0.15, 0.2) is 16.8 Å². The van der Waals surface area contributed by atoms with Crippen molar-refractivity contribution in [2.45, 2.75) is 33.0 Å². The Labute approximate surface area is 119 Å². The van der Waals surface area contributed by atoms with Gasteiger partial charge < -0.3 is 37.2 Å². The molecule has 1 rings (SSSR count). The fraction of sp³-hybridized carbons (Fsp3) is 0.556. The third-order valence-electron chi connectivity index (χ3n) is 1.77. The van der Waals surface area contributed by atoms with Crippen molar-refractivity contribution < 1.29 is 55.8 Å². The van der Waals surface area contributed by atoms with Crippen LogP contribution in [0.4, 0.5) is 0 Å².